The summed E-state index contributed by atoms with van der Waals surface area (Å²) in [4.78, 5) is 4.21. The summed E-state index contributed by atoms with van der Waals surface area (Å²) in [6, 6.07) is 0. The Labute approximate surface area is 72.9 Å². The predicted octanol–water partition coefficient (Wildman–Crippen LogP) is 1.27. The van der Waals surface area contributed by atoms with Crippen molar-refractivity contribution in [1.82, 2.24) is 9.55 Å². The quantitative estimate of drug-likeness (QED) is 0.730. The zero-order valence-electron chi connectivity index (χ0n) is 7.45. The Bertz CT molecular complexity index is 262. The van der Waals surface area contributed by atoms with E-state index in [1.54, 1.807) is 6.20 Å². The topological polar surface area (TPSA) is 43.8 Å². The van der Waals surface area contributed by atoms with Crippen LogP contribution in [0.5, 0.6) is 0 Å². The molecule has 0 aliphatic rings. The molecule has 2 N–H and O–H groups in total. The van der Waals surface area contributed by atoms with E-state index in [0.29, 0.717) is 6.54 Å². The third kappa shape index (κ3) is 1.74. The molecule has 0 saturated heterocycles. The molecule has 3 nitrogen and oxygen atoms in total. The molecule has 3 heteroatoms. The first-order valence-corrected chi connectivity index (χ1v) is 4.19. The van der Waals surface area contributed by atoms with Gasteiger partial charge in [-0.3, -0.25) is 0 Å². The summed E-state index contributed by atoms with van der Waals surface area (Å²) >= 11 is 0. The van der Waals surface area contributed by atoms with E-state index in [4.69, 9.17) is 5.73 Å². The highest BCUT2D eigenvalue weighted by Gasteiger charge is 2.03. The van der Waals surface area contributed by atoms with E-state index in [2.05, 4.69) is 23.1 Å². The average Bonchev–Trinajstić information content (AvgIpc) is 2.51. The van der Waals surface area contributed by atoms with Crippen LogP contribution in [-0.2, 0) is 6.54 Å². The normalized spacial score (nSPS) is 10.2. The number of rotatable bonds is 4. The minimum atomic E-state index is 0.634. The maximum absolute atomic E-state index is 5.43. The van der Waals surface area contributed by atoms with Crippen molar-refractivity contribution >= 4 is 5.57 Å². The fraction of sp³-hybridized carbons (Fsp3) is 0.444. The highest BCUT2D eigenvalue weighted by atomic mass is 15.1. The van der Waals surface area contributed by atoms with Crippen LogP contribution in [0.2, 0.25) is 0 Å². The molecule has 0 atom stereocenters. The first-order chi connectivity index (χ1) is 5.79. The largest absolute Gasteiger partial charge is 0.332 e. The van der Waals surface area contributed by atoms with Gasteiger partial charge < -0.3 is 10.3 Å². The van der Waals surface area contributed by atoms with E-state index in [1.165, 1.54) is 0 Å². The van der Waals surface area contributed by atoms with Crippen LogP contribution in [0.25, 0.3) is 5.57 Å². The zero-order valence-corrected chi connectivity index (χ0v) is 7.45. The summed E-state index contributed by atoms with van der Waals surface area (Å²) in [5, 5.41) is 0. The molecule has 66 valence electrons. The van der Waals surface area contributed by atoms with Crippen LogP contribution in [-0.4, -0.2) is 16.1 Å². The lowest BCUT2D eigenvalue weighted by molar-refractivity contribution is 0.744. The van der Waals surface area contributed by atoms with Crippen LogP contribution in [0.3, 0.4) is 0 Å². The molecule has 0 bridgehead atoms. The van der Waals surface area contributed by atoms with E-state index in [-0.39, 0.29) is 0 Å². The lowest BCUT2D eigenvalue weighted by Gasteiger charge is -2.05. The van der Waals surface area contributed by atoms with Crippen LogP contribution in [0.4, 0.5) is 0 Å². The van der Waals surface area contributed by atoms with Gasteiger partial charge in [0.25, 0.3) is 0 Å². The van der Waals surface area contributed by atoms with Crippen LogP contribution >= 0.6 is 0 Å². The average molecular weight is 165 g/mol. The Morgan fingerprint density at radius 3 is 3.08 bits per heavy atom. The van der Waals surface area contributed by atoms with Crippen molar-refractivity contribution in [3.8, 4) is 0 Å². The van der Waals surface area contributed by atoms with Crippen molar-refractivity contribution in [3.63, 3.8) is 0 Å². The number of aromatic nitrogens is 2. The van der Waals surface area contributed by atoms with E-state index in [1.807, 2.05) is 6.20 Å². The molecule has 1 aromatic rings. The molecule has 0 aromatic carbocycles. The summed E-state index contributed by atoms with van der Waals surface area (Å²) in [6.45, 7) is 7.58. The van der Waals surface area contributed by atoms with Crippen LogP contribution in [0.1, 0.15) is 19.2 Å². The van der Waals surface area contributed by atoms with Gasteiger partial charge in [-0.1, -0.05) is 6.58 Å². The molecule has 0 amide bonds. The molecular formula is C9H15N3. The van der Waals surface area contributed by atoms with Gasteiger partial charge in [-0.25, -0.2) is 4.98 Å². The maximum Gasteiger partial charge on any atom is 0.135 e. The van der Waals surface area contributed by atoms with E-state index < -0.39 is 0 Å². The fourth-order valence-corrected chi connectivity index (χ4v) is 1.16. The van der Waals surface area contributed by atoms with E-state index in [0.717, 1.165) is 24.4 Å². The number of aryl methyl sites for hydroxylation is 1. The van der Waals surface area contributed by atoms with Gasteiger partial charge in [0.1, 0.15) is 5.82 Å². The van der Waals surface area contributed by atoms with Crippen LogP contribution < -0.4 is 5.73 Å². The van der Waals surface area contributed by atoms with Gasteiger partial charge in [0, 0.05) is 18.9 Å². The van der Waals surface area contributed by atoms with Crippen molar-refractivity contribution in [2.75, 3.05) is 6.54 Å². The summed E-state index contributed by atoms with van der Waals surface area (Å²) < 4.78 is 2.07. The fourth-order valence-electron chi connectivity index (χ4n) is 1.16. The smallest absolute Gasteiger partial charge is 0.135 e. The molecular weight excluding hydrogens is 150 g/mol. The second-order valence-electron chi connectivity index (χ2n) is 2.68. The van der Waals surface area contributed by atoms with Crippen molar-refractivity contribution in [2.24, 2.45) is 5.73 Å². The Morgan fingerprint density at radius 1 is 1.75 bits per heavy atom. The van der Waals surface area contributed by atoms with Gasteiger partial charge in [0.05, 0.1) is 0 Å². The van der Waals surface area contributed by atoms with Crippen molar-refractivity contribution in [1.29, 1.82) is 0 Å². The molecule has 0 fully saturated rings. The van der Waals surface area contributed by atoms with Crippen LogP contribution in [0.15, 0.2) is 19.0 Å². The third-order valence-electron chi connectivity index (χ3n) is 1.82. The number of hydrogen-bond donors (Lipinski definition) is 1. The molecule has 0 aliphatic heterocycles. The Balaban J connectivity index is 2.79. The number of nitrogens with zero attached hydrogens (tertiary/aromatic N) is 2. The minimum absolute atomic E-state index is 0.634. The first-order valence-electron chi connectivity index (χ1n) is 4.19. The highest BCUT2D eigenvalue weighted by Crippen LogP contribution is 2.12. The minimum Gasteiger partial charge on any atom is -0.332 e. The molecule has 12 heavy (non-hydrogen) atoms. The summed E-state index contributed by atoms with van der Waals surface area (Å²) in [6.07, 6.45) is 4.56. The van der Waals surface area contributed by atoms with Crippen molar-refractivity contribution in [3.05, 3.63) is 24.8 Å². The molecule has 0 radical (unpaired) electrons. The van der Waals surface area contributed by atoms with Crippen LogP contribution in [0, 0.1) is 0 Å². The summed E-state index contributed by atoms with van der Waals surface area (Å²) in [5.74, 6) is 0.961. The lowest BCUT2D eigenvalue weighted by Crippen LogP contribution is -2.04. The molecule has 0 aliphatic carbocycles. The maximum atomic E-state index is 5.43. The first kappa shape index (κ1) is 9.00. The van der Waals surface area contributed by atoms with E-state index in [9.17, 15) is 0 Å². The molecule has 1 rings (SSSR count). The number of nitrogens with two attached hydrogens (primary N) is 1. The lowest BCUT2D eigenvalue weighted by atomic mass is 10.2. The Hall–Kier alpha value is -1.09. The van der Waals surface area contributed by atoms with Gasteiger partial charge in [-0.2, -0.15) is 0 Å². The third-order valence-corrected chi connectivity index (χ3v) is 1.82. The van der Waals surface area contributed by atoms with Crippen molar-refractivity contribution in [2.45, 2.75) is 19.9 Å². The standard InChI is InChI=1S/C9H15N3/c1-3-12-7-6-11-9(12)8(2)4-5-10/h6-7H,2-5,10H2,1H3. The molecule has 0 saturated carbocycles. The zero-order chi connectivity index (χ0) is 8.97. The molecule has 0 unspecified atom stereocenters. The molecule has 1 heterocycles. The SMILES string of the molecule is C=C(CCN)c1nccn1CC. The second kappa shape index (κ2) is 4.07. The highest BCUT2D eigenvalue weighted by molar-refractivity contribution is 5.57. The van der Waals surface area contributed by atoms with Gasteiger partial charge in [-0.05, 0) is 25.5 Å². The molecule has 0 spiro atoms. The van der Waals surface area contributed by atoms with Crippen molar-refractivity contribution < 1.29 is 0 Å². The second-order valence-corrected chi connectivity index (χ2v) is 2.68. The van der Waals surface area contributed by atoms with Gasteiger partial charge in [0.2, 0.25) is 0 Å². The molecule has 1 aromatic heterocycles. The monoisotopic (exact) mass is 165 g/mol. The predicted molar refractivity (Wildman–Crippen MR) is 50.6 cm³/mol. The van der Waals surface area contributed by atoms with Gasteiger partial charge in [-0.15, -0.1) is 0 Å². The Morgan fingerprint density at radius 2 is 2.50 bits per heavy atom. The number of hydrogen-bond acceptors (Lipinski definition) is 2. The number of imidazole rings is 1. The summed E-state index contributed by atoms with van der Waals surface area (Å²) in [7, 11) is 0. The van der Waals surface area contributed by atoms with E-state index >= 15 is 0 Å². The van der Waals surface area contributed by atoms with Gasteiger partial charge in [0.15, 0.2) is 0 Å². The summed E-state index contributed by atoms with van der Waals surface area (Å²) in [5.41, 5.74) is 6.45. The van der Waals surface area contributed by atoms with Gasteiger partial charge >= 0.3 is 0 Å². The Kier molecular flexibility index (Phi) is 3.05.